The molecule has 17 heteroatoms. The lowest BCUT2D eigenvalue weighted by atomic mass is 10.1. The van der Waals surface area contributed by atoms with Gasteiger partial charge in [0, 0.05) is 19.1 Å². The maximum atomic E-state index is 15.0. The number of rotatable bonds is 14. The number of methoxy groups -OCH3 is 1. The fourth-order valence-corrected chi connectivity index (χ4v) is 5.74. The minimum Gasteiger partial charge on any atom is -0.475 e. The summed E-state index contributed by atoms with van der Waals surface area (Å²) in [5, 5.41) is 5.09. The first-order valence-corrected chi connectivity index (χ1v) is 14.4. The van der Waals surface area contributed by atoms with Gasteiger partial charge in [0.1, 0.15) is 11.5 Å². The molecule has 3 aromatic rings. The summed E-state index contributed by atoms with van der Waals surface area (Å²) in [6.07, 6.45) is -6.41. The number of carbonyl (C=O) groups is 2. The Morgan fingerprint density at radius 1 is 0.822 bits per heavy atom. The summed E-state index contributed by atoms with van der Waals surface area (Å²) in [5.74, 6) is -2.45. The number of carboxylic acid groups (broad SMARTS) is 1. The van der Waals surface area contributed by atoms with Gasteiger partial charge in [-0.25, -0.2) is 19.1 Å². The molecule has 244 valence electrons. The number of carbonyl (C=O) groups excluding carboxylic acids is 1. The van der Waals surface area contributed by atoms with Gasteiger partial charge in [0.15, 0.2) is 5.96 Å². The lowest BCUT2D eigenvalue weighted by molar-refractivity contribution is -0.192. The van der Waals surface area contributed by atoms with Crippen LogP contribution in [0.3, 0.4) is 0 Å². The van der Waals surface area contributed by atoms with Crippen LogP contribution >= 0.6 is 7.60 Å². The molecule has 7 N–H and O–H groups in total. The molecule has 1 amide bonds. The van der Waals surface area contributed by atoms with Crippen molar-refractivity contribution in [2.75, 3.05) is 26.9 Å². The van der Waals surface area contributed by atoms with Gasteiger partial charge < -0.3 is 45.6 Å². The number of halogens is 3. The monoisotopic (exact) mass is 656 g/mol. The number of para-hydroxylation sites is 2. The molecule has 0 aliphatic rings. The number of ether oxygens (including phenoxy) is 3. The second-order valence-electron chi connectivity index (χ2n) is 8.75. The Bertz CT molecular complexity index is 1400. The summed E-state index contributed by atoms with van der Waals surface area (Å²) < 4.78 is 75.2. The van der Waals surface area contributed by atoms with Crippen molar-refractivity contribution >= 4 is 31.3 Å². The van der Waals surface area contributed by atoms with Crippen LogP contribution in [0.15, 0.2) is 89.9 Å². The van der Waals surface area contributed by atoms with E-state index in [2.05, 4.69) is 4.99 Å². The maximum absolute atomic E-state index is 15.0. The third-order valence-electron chi connectivity index (χ3n) is 5.49. The van der Waals surface area contributed by atoms with E-state index in [9.17, 15) is 22.5 Å². The molecule has 0 aliphatic heterocycles. The second kappa shape index (κ2) is 16.9. The van der Waals surface area contributed by atoms with Gasteiger partial charge in [-0.05, 0) is 36.4 Å². The number of nitrogens with zero attached hydrogens (tertiary/aromatic N) is 1. The van der Waals surface area contributed by atoms with Crippen LogP contribution in [0.2, 0.25) is 0 Å². The van der Waals surface area contributed by atoms with Gasteiger partial charge in [0.2, 0.25) is 0 Å². The van der Waals surface area contributed by atoms with Crippen molar-refractivity contribution in [3.8, 4) is 11.5 Å². The van der Waals surface area contributed by atoms with Gasteiger partial charge in [-0.15, -0.1) is 0 Å². The summed E-state index contributed by atoms with van der Waals surface area (Å²) in [6, 6.07) is 23.0. The molecule has 0 spiro atoms. The predicted octanol–water partition coefficient (Wildman–Crippen LogP) is 4.88. The smallest absolute Gasteiger partial charge is 0.475 e. The Kier molecular flexibility index (Phi) is 13.7. The van der Waals surface area contributed by atoms with Crippen LogP contribution in [0.1, 0.15) is 12.0 Å². The molecule has 0 heterocycles. The number of primary amides is 1. The lowest BCUT2D eigenvalue weighted by Gasteiger charge is -2.38. The van der Waals surface area contributed by atoms with Crippen LogP contribution in [0.5, 0.6) is 11.5 Å². The third-order valence-corrected chi connectivity index (χ3v) is 7.85. The normalized spacial score (nSPS) is 12.4. The van der Waals surface area contributed by atoms with Crippen molar-refractivity contribution in [1.82, 2.24) is 0 Å². The number of hydrogen-bond acceptors (Lipinski definition) is 9. The summed E-state index contributed by atoms with van der Waals surface area (Å²) in [4.78, 5) is 25.2. The molecule has 0 bridgehead atoms. The number of guanidine groups is 1. The van der Waals surface area contributed by atoms with Crippen LogP contribution < -0.4 is 26.2 Å². The van der Waals surface area contributed by atoms with E-state index >= 15 is 0 Å². The summed E-state index contributed by atoms with van der Waals surface area (Å²) in [5.41, 5.74) is 17.2. The molecule has 0 saturated carbocycles. The minimum atomic E-state index is -5.08. The average molecular weight is 657 g/mol. The van der Waals surface area contributed by atoms with Crippen molar-refractivity contribution in [2.45, 2.75) is 17.9 Å². The Hall–Kier alpha value is -4.79. The number of hydrogen-bond donors (Lipinski definition) is 4. The van der Waals surface area contributed by atoms with Crippen molar-refractivity contribution in [1.29, 1.82) is 0 Å². The molecule has 13 nitrogen and oxygen atoms in total. The van der Waals surface area contributed by atoms with E-state index in [1.54, 1.807) is 84.9 Å². The van der Waals surface area contributed by atoms with Crippen molar-refractivity contribution in [3.05, 3.63) is 90.5 Å². The molecule has 0 saturated heterocycles. The molecular formula is C28H32F3N4O9P. The molecular weight excluding hydrogens is 624 g/mol. The summed E-state index contributed by atoms with van der Waals surface area (Å²) >= 11 is 0. The minimum absolute atomic E-state index is 0.00736. The van der Waals surface area contributed by atoms with Crippen LogP contribution in [0.4, 0.5) is 23.7 Å². The van der Waals surface area contributed by atoms with Crippen molar-refractivity contribution in [3.63, 3.8) is 0 Å². The van der Waals surface area contributed by atoms with Crippen molar-refractivity contribution < 1.29 is 55.7 Å². The van der Waals surface area contributed by atoms with Crippen LogP contribution in [0.25, 0.3) is 0 Å². The first kappa shape index (κ1) is 36.4. The molecule has 3 rings (SSSR count). The van der Waals surface area contributed by atoms with Crippen LogP contribution in [0, 0.1) is 0 Å². The topological polar surface area (TPSA) is 208 Å². The van der Waals surface area contributed by atoms with Gasteiger partial charge in [-0.3, -0.25) is 0 Å². The molecule has 0 radical (unpaired) electrons. The molecule has 1 unspecified atom stereocenters. The summed E-state index contributed by atoms with van der Waals surface area (Å²) in [7, 11) is -2.96. The lowest BCUT2D eigenvalue weighted by Crippen LogP contribution is -2.39. The number of aliphatic imine (C=N–C) groups is 1. The van der Waals surface area contributed by atoms with E-state index in [1.807, 2.05) is 0 Å². The van der Waals surface area contributed by atoms with E-state index in [-0.39, 0.29) is 42.7 Å². The highest BCUT2D eigenvalue weighted by Gasteiger charge is 2.59. The summed E-state index contributed by atoms with van der Waals surface area (Å²) in [6.45, 7) is 0.568. The average Bonchev–Trinajstić information content (AvgIpc) is 2.97. The molecule has 45 heavy (non-hydrogen) atoms. The first-order valence-electron chi connectivity index (χ1n) is 12.9. The van der Waals surface area contributed by atoms with E-state index in [1.165, 1.54) is 7.11 Å². The maximum Gasteiger partial charge on any atom is 0.490 e. The van der Waals surface area contributed by atoms with Gasteiger partial charge in [0.25, 0.3) is 5.34 Å². The van der Waals surface area contributed by atoms with E-state index < -0.39 is 31.2 Å². The first-order chi connectivity index (χ1) is 21.2. The van der Waals surface area contributed by atoms with E-state index in [0.717, 1.165) is 0 Å². The highest BCUT2D eigenvalue weighted by Crippen LogP contribution is 2.66. The Labute approximate surface area is 256 Å². The van der Waals surface area contributed by atoms with Crippen LogP contribution in [-0.2, 0) is 28.9 Å². The predicted molar refractivity (Wildman–Crippen MR) is 157 cm³/mol. The van der Waals surface area contributed by atoms with Crippen molar-refractivity contribution in [2.24, 2.45) is 22.2 Å². The van der Waals surface area contributed by atoms with Gasteiger partial charge in [0.05, 0.1) is 25.5 Å². The number of amides is 1. The van der Waals surface area contributed by atoms with Gasteiger partial charge in [-0.2, -0.15) is 13.2 Å². The fourth-order valence-electron chi connectivity index (χ4n) is 3.58. The molecule has 3 aromatic carbocycles. The molecule has 1 atom stereocenters. The number of carboxylic acids is 1. The Morgan fingerprint density at radius 3 is 1.71 bits per heavy atom. The molecule has 0 aliphatic carbocycles. The van der Waals surface area contributed by atoms with Crippen LogP contribution in [-0.4, -0.2) is 56.2 Å². The Balaban J connectivity index is 0.000000900. The highest BCUT2D eigenvalue weighted by atomic mass is 31.2. The molecule has 0 fully saturated rings. The SMILES string of the molecule is COCCOCCC(OC(N)=O)(c1ccc(N=C(N)N)cc1)P(=O)(Oc1ccccc1)Oc1ccccc1.O=C(O)C(F)(F)F. The number of benzene rings is 3. The number of alkyl halides is 3. The van der Waals surface area contributed by atoms with Gasteiger partial charge >= 0.3 is 25.8 Å². The zero-order valence-electron chi connectivity index (χ0n) is 23.9. The zero-order valence-corrected chi connectivity index (χ0v) is 24.8. The zero-order chi connectivity index (χ0) is 33.5. The van der Waals surface area contributed by atoms with E-state index in [4.69, 9.17) is 50.4 Å². The Morgan fingerprint density at radius 2 is 1.31 bits per heavy atom. The number of nitrogens with two attached hydrogens (primary N) is 3. The molecule has 0 aromatic heterocycles. The second-order valence-corrected chi connectivity index (χ2v) is 10.8. The standard InChI is InChI=1S/C26H31N4O7P.C2HF3O2/c1-33-18-19-34-17-16-26(35-25(29)31,20-12-14-21(15-13-20)30-24(27)28)38(32,36-22-8-4-2-5-9-22)37-23-10-6-3-7-11-23;3-2(4,5)1(6)7/h2-15H,16-19H2,1H3,(H2,29,31)(H4,27,28,30);(H,6,7). The van der Waals surface area contributed by atoms with Gasteiger partial charge in [-0.1, -0.05) is 48.5 Å². The number of aliphatic carboxylic acids is 1. The quantitative estimate of drug-likeness (QED) is 0.0796. The largest absolute Gasteiger partial charge is 0.490 e. The van der Waals surface area contributed by atoms with E-state index in [0.29, 0.717) is 12.3 Å². The highest BCUT2D eigenvalue weighted by molar-refractivity contribution is 7.55. The third kappa shape index (κ3) is 11.3. The fraction of sp³-hybridized carbons (Fsp3) is 0.250.